The van der Waals surface area contributed by atoms with Gasteiger partial charge in [-0.3, -0.25) is 4.84 Å². The minimum atomic E-state index is 0.196. The number of hydrogen-bond acceptors (Lipinski definition) is 11. The van der Waals surface area contributed by atoms with Gasteiger partial charge in [-0.15, -0.1) is 16.3 Å². The van der Waals surface area contributed by atoms with Crippen LogP contribution in [0.2, 0.25) is 0 Å². The molecule has 0 radical (unpaired) electrons. The Kier molecular flexibility index (Phi) is 10.8. The summed E-state index contributed by atoms with van der Waals surface area (Å²) in [6, 6.07) is 26.0. The first-order chi connectivity index (χ1) is 24.2. The molecule has 2 heterocycles. The van der Waals surface area contributed by atoms with Crippen molar-refractivity contribution in [3.8, 4) is 45.1 Å². The summed E-state index contributed by atoms with van der Waals surface area (Å²) < 4.78 is 23.5. The minimum Gasteiger partial charge on any atom is -0.493 e. The molecule has 0 bridgehead atoms. The third-order valence-electron chi connectivity index (χ3n) is 8.61. The predicted molar refractivity (Wildman–Crippen MR) is 197 cm³/mol. The third kappa shape index (κ3) is 7.80. The van der Waals surface area contributed by atoms with Crippen LogP contribution in [0.4, 0.5) is 0 Å². The molecule has 1 fully saturated rings. The van der Waals surface area contributed by atoms with Crippen molar-refractivity contribution in [3.05, 3.63) is 90.0 Å². The van der Waals surface area contributed by atoms with Crippen molar-refractivity contribution in [1.82, 2.24) is 20.2 Å². The van der Waals surface area contributed by atoms with E-state index in [1.54, 1.807) is 39.8 Å². The number of ether oxygens (including phenoxy) is 4. The Balaban J connectivity index is 1.06. The first kappa shape index (κ1) is 35.0. The van der Waals surface area contributed by atoms with Crippen LogP contribution < -0.4 is 28.6 Å². The van der Waals surface area contributed by atoms with Crippen LogP contribution in [0.15, 0.2) is 78.9 Å². The van der Waals surface area contributed by atoms with Crippen LogP contribution in [-0.2, 0) is 0 Å². The third-order valence-corrected chi connectivity index (χ3v) is 9.69. The van der Waals surface area contributed by atoms with Gasteiger partial charge in [0.1, 0.15) is 24.9 Å². The summed E-state index contributed by atoms with van der Waals surface area (Å²) in [5.74, 6) is 3.81. The number of piperazine rings is 1. The highest BCUT2D eigenvalue weighted by molar-refractivity contribution is 7.21. The molecule has 1 aliphatic heterocycles. The summed E-state index contributed by atoms with van der Waals surface area (Å²) in [5.41, 5.74) is 3.95. The molecule has 0 spiro atoms. The van der Waals surface area contributed by atoms with Crippen LogP contribution in [-0.4, -0.2) is 101 Å². The number of benzene rings is 4. The Hall–Kier alpha value is -4.85. The summed E-state index contributed by atoms with van der Waals surface area (Å²) in [7, 11) is 12.5. The van der Waals surface area contributed by atoms with Crippen molar-refractivity contribution in [2.45, 2.75) is 0 Å². The van der Waals surface area contributed by atoms with E-state index < -0.39 is 0 Å². The van der Waals surface area contributed by atoms with E-state index in [9.17, 15) is 0 Å². The van der Waals surface area contributed by atoms with E-state index in [-0.39, 0.29) is 4.76 Å². The molecule has 0 saturated carbocycles. The number of thiazole rings is 1. The smallest absolute Gasteiger partial charge is 0.235 e. The van der Waals surface area contributed by atoms with Gasteiger partial charge in [-0.05, 0) is 71.8 Å². The second-order valence-corrected chi connectivity index (χ2v) is 13.1. The number of methoxy groups -OCH3 is 4. The van der Waals surface area contributed by atoms with Gasteiger partial charge in [-0.1, -0.05) is 40.3 Å². The molecule has 5 aromatic rings. The van der Waals surface area contributed by atoms with Gasteiger partial charge in [0.2, 0.25) is 11.5 Å². The van der Waals surface area contributed by atoms with E-state index >= 15 is 0 Å². The average Bonchev–Trinajstić information content (AvgIpc) is 3.58. The maximum absolute atomic E-state index is 6.60. The van der Waals surface area contributed by atoms with Crippen LogP contribution in [0.25, 0.3) is 32.9 Å². The van der Waals surface area contributed by atoms with Crippen molar-refractivity contribution < 1.29 is 33.4 Å². The highest BCUT2D eigenvalue weighted by Gasteiger charge is 2.35. The van der Waals surface area contributed by atoms with Crippen LogP contribution >= 0.6 is 11.3 Å². The highest BCUT2D eigenvalue weighted by atomic mass is 32.1. The summed E-state index contributed by atoms with van der Waals surface area (Å²) in [5, 5.41) is 7.28. The van der Waals surface area contributed by atoms with Gasteiger partial charge >= 0.3 is 0 Å². The molecule has 0 amide bonds. The quantitative estimate of drug-likeness (QED) is 0.0736. The number of para-hydroxylation sites is 1. The Morgan fingerprint density at radius 1 is 0.720 bits per heavy atom. The summed E-state index contributed by atoms with van der Waals surface area (Å²) in [6.07, 6.45) is 4.00. The van der Waals surface area contributed by atoms with Crippen molar-refractivity contribution >= 4 is 33.7 Å². The maximum Gasteiger partial charge on any atom is 0.235 e. The Morgan fingerprint density at radius 2 is 1.36 bits per heavy atom. The van der Waals surface area contributed by atoms with Crippen molar-refractivity contribution in [2.75, 3.05) is 75.8 Å². The molecule has 50 heavy (non-hydrogen) atoms. The lowest BCUT2D eigenvalue weighted by Gasteiger charge is -2.43. The fourth-order valence-corrected chi connectivity index (χ4v) is 6.84. The molecule has 0 atom stereocenters. The van der Waals surface area contributed by atoms with Crippen molar-refractivity contribution in [1.29, 1.82) is 0 Å². The second kappa shape index (κ2) is 15.4. The highest BCUT2D eigenvalue weighted by Crippen LogP contribution is 2.39. The van der Waals surface area contributed by atoms with Gasteiger partial charge in [0.05, 0.1) is 51.7 Å². The number of nitrogens with zero attached hydrogens (tertiary/aromatic N) is 5. The zero-order valence-electron chi connectivity index (χ0n) is 29.6. The molecule has 6 rings (SSSR count). The van der Waals surface area contributed by atoms with Crippen LogP contribution in [0.5, 0.6) is 34.5 Å². The first-order valence-corrected chi connectivity index (χ1v) is 17.1. The molecule has 4 aromatic carbocycles. The lowest BCUT2D eigenvalue weighted by atomic mass is 10.1. The molecule has 1 aromatic heterocycles. The molecular weight excluding hydrogens is 655 g/mol. The maximum atomic E-state index is 6.60. The first-order valence-electron chi connectivity index (χ1n) is 16.3. The number of quaternary nitrogens is 1. The predicted octanol–water partition coefficient (Wildman–Crippen LogP) is 6.91. The average molecular weight is 699 g/mol. The van der Waals surface area contributed by atoms with Gasteiger partial charge < -0.3 is 23.8 Å². The Labute approximate surface area is 297 Å². The fraction of sp³-hybridized carbons (Fsp3) is 0.289. The van der Waals surface area contributed by atoms with Gasteiger partial charge in [0.25, 0.3) is 0 Å². The van der Waals surface area contributed by atoms with E-state index in [1.807, 2.05) is 99.1 Å². The monoisotopic (exact) mass is 698 g/mol. The number of hydroxylamine groups is 3. The molecular formula is C38H44N5O6S+. The topological polar surface area (TPSA) is 78.0 Å². The van der Waals surface area contributed by atoms with E-state index in [4.69, 9.17) is 33.6 Å². The van der Waals surface area contributed by atoms with Gasteiger partial charge in [0.15, 0.2) is 17.2 Å². The summed E-state index contributed by atoms with van der Waals surface area (Å²) in [4.78, 5) is 17.6. The van der Waals surface area contributed by atoms with Crippen LogP contribution in [0.1, 0.15) is 11.1 Å². The zero-order valence-corrected chi connectivity index (χ0v) is 30.4. The van der Waals surface area contributed by atoms with Crippen molar-refractivity contribution in [3.63, 3.8) is 0 Å². The molecule has 11 nitrogen and oxygen atoms in total. The van der Waals surface area contributed by atoms with Crippen LogP contribution in [0, 0.1) is 0 Å². The van der Waals surface area contributed by atoms with Gasteiger partial charge in [-0.25, -0.2) is 9.99 Å². The zero-order chi connectivity index (χ0) is 35.3. The summed E-state index contributed by atoms with van der Waals surface area (Å²) in [6.45, 7) is 3.06. The fourth-order valence-electron chi connectivity index (χ4n) is 5.87. The van der Waals surface area contributed by atoms with Crippen molar-refractivity contribution in [2.24, 2.45) is 0 Å². The largest absolute Gasteiger partial charge is 0.493 e. The lowest BCUT2D eigenvalue weighted by molar-refractivity contribution is -1.14. The minimum absolute atomic E-state index is 0.196. The van der Waals surface area contributed by atoms with E-state index in [1.165, 1.54) is 4.70 Å². The Morgan fingerprint density at radius 3 is 2.00 bits per heavy atom. The van der Waals surface area contributed by atoms with E-state index in [2.05, 4.69) is 28.2 Å². The number of fused-ring (bicyclic) bond motifs is 1. The van der Waals surface area contributed by atoms with E-state index in [0.717, 1.165) is 59.1 Å². The number of aromatic nitrogens is 1. The molecule has 1 aliphatic rings. The van der Waals surface area contributed by atoms with Crippen LogP contribution in [0.3, 0.4) is 0 Å². The van der Waals surface area contributed by atoms with E-state index in [0.29, 0.717) is 28.7 Å². The molecule has 12 heteroatoms. The number of hydrogen-bond donors (Lipinski definition) is 0. The normalized spacial score (nSPS) is 14.3. The molecule has 0 unspecified atom stereocenters. The van der Waals surface area contributed by atoms with Gasteiger partial charge in [-0.2, -0.15) is 0 Å². The second-order valence-electron chi connectivity index (χ2n) is 12.1. The van der Waals surface area contributed by atoms with Gasteiger partial charge in [0, 0.05) is 25.7 Å². The SMILES string of the molecule is COc1ccc(C=Cc2cc(OC)c(OC)c(OC)c2)cc1O[N+](C)(C)N1CCN(N(C)Oc2ccc(-c3nc4ccccc4s3)cc2)CC1. The molecule has 1 saturated heterocycles. The number of hydrazine groups is 1. The lowest BCUT2D eigenvalue weighted by Crippen LogP contribution is -2.64. The Bertz CT molecular complexity index is 1880. The summed E-state index contributed by atoms with van der Waals surface area (Å²) >= 11 is 1.69. The molecule has 262 valence electrons. The molecule has 0 aliphatic carbocycles. The standard InChI is InChI=1S/C38H44N5O6S/c1-40(48-30-17-15-29(16-18-30)38-39-31-10-8-9-11-36(31)50-38)41-20-22-42(23-21-41)43(2,3)49-33-24-27(14-19-32(33)44-4)12-13-28-25-34(45-5)37(47-7)35(26-28)46-6/h8-19,24-26H,20-23H2,1-7H3/q+1. The molecule has 0 N–H and O–H groups in total. The number of rotatable bonds is 13.